The Morgan fingerprint density at radius 1 is 1.08 bits per heavy atom. The van der Waals surface area contributed by atoms with Gasteiger partial charge in [0.1, 0.15) is 17.5 Å². The number of nitrogens with zero attached hydrogens (tertiary/aromatic N) is 3. The predicted molar refractivity (Wildman–Crippen MR) is 146 cm³/mol. The summed E-state index contributed by atoms with van der Waals surface area (Å²) in [6.45, 7) is 8.15. The molecular weight excluding hydrogens is 533 g/mol. The third kappa shape index (κ3) is 5.83. The van der Waals surface area contributed by atoms with E-state index in [0.717, 1.165) is 37.5 Å². The Balaban J connectivity index is 0.00000420. The maximum atomic E-state index is 15.9. The average Bonchev–Trinajstić information content (AvgIpc) is 3.30. The van der Waals surface area contributed by atoms with E-state index in [1.54, 1.807) is 18.3 Å². The monoisotopic (exact) mass is 564 g/mol. The van der Waals surface area contributed by atoms with Gasteiger partial charge >= 0.3 is 0 Å². The van der Waals surface area contributed by atoms with Gasteiger partial charge in [0.2, 0.25) is 0 Å². The van der Waals surface area contributed by atoms with Crippen molar-refractivity contribution in [3.05, 3.63) is 89.4 Å². The number of anilines is 1. The maximum Gasteiger partial charge on any atom is 0.267 e. The third-order valence-electron chi connectivity index (χ3n) is 5.91. The molecular formula is C27H31F3N4O2S2. The van der Waals surface area contributed by atoms with E-state index in [1.807, 2.05) is 36.0 Å². The Kier molecular flexibility index (Phi) is 8.08. The number of hydrogen-bond acceptors (Lipinski definition) is 6. The second kappa shape index (κ2) is 11.0. The Morgan fingerprint density at radius 3 is 2.42 bits per heavy atom. The van der Waals surface area contributed by atoms with Crippen LogP contribution in [0.3, 0.4) is 0 Å². The lowest BCUT2D eigenvalue weighted by molar-refractivity contribution is 0.353. The number of sulfonamides is 1. The van der Waals surface area contributed by atoms with Crippen LogP contribution in [0.15, 0.2) is 59.8 Å². The summed E-state index contributed by atoms with van der Waals surface area (Å²) in [5.74, 6) is -2.70. The summed E-state index contributed by atoms with van der Waals surface area (Å²) in [6, 6.07) is 8.74. The molecule has 6 nitrogen and oxygen atoms in total. The van der Waals surface area contributed by atoms with Gasteiger partial charge in [-0.2, -0.15) is 0 Å². The first-order valence-corrected chi connectivity index (χ1v) is 14.5. The zero-order valence-electron chi connectivity index (χ0n) is 21.5. The van der Waals surface area contributed by atoms with Crippen LogP contribution in [0, 0.1) is 17.5 Å². The van der Waals surface area contributed by atoms with Crippen molar-refractivity contribution in [2.24, 2.45) is 0 Å². The first kappa shape index (κ1) is 28.0. The van der Waals surface area contributed by atoms with Gasteiger partial charge in [-0.25, -0.2) is 31.6 Å². The number of benzene rings is 2. The SMILES string of the molecule is CCCCc1nccc(C2SN(C(C)(C)C)C=C2c2cccc(NS(=O)(=O)c3c(F)cccc3F)c2F)n1.[HH]. The molecule has 1 aliphatic heterocycles. The Labute approximate surface area is 227 Å². The fraction of sp³-hybridized carbons (Fsp3) is 0.333. The van der Waals surface area contributed by atoms with Gasteiger partial charge in [0, 0.05) is 31.3 Å². The number of nitrogens with one attached hydrogen (secondary N) is 1. The molecule has 1 unspecified atom stereocenters. The van der Waals surface area contributed by atoms with Crippen molar-refractivity contribution in [2.75, 3.05) is 4.72 Å². The van der Waals surface area contributed by atoms with E-state index in [-0.39, 0.29) is 17.8 Å². The lowest BCUT2D eigenvalue weighted by Crippen LogP contribution is -2.30. The molecule has 204 valence electrons. The summed E-state index contributed by atoms with van der Waals surface area (Å²) in [7, 11) is -4.75. The van der Waals surface area contributed by atoms with Gasteiger partial charge in [-0.15, -0.1) is 0 Å². The lowest BCUT2D eigenvalue weighted by Gasteiger charge is -2.31. The summed E-state index contributed by atoms with van der Waals surface area (Å²) in [6.07, 6.45) is 6.18. The van der Waals surface area contributed by atoms with E-state index < -0.39 is 38.1 Å². The van der Waals surface area contributed by atoms with Crippen molar-refractivity contribution in [1.82, 2.24) is 14.3 Å². The van der Waals surface area contributed by atoms with Gasteiger partial charge in [-0.3, -0.25) is 4.72 Å². The minimum atomic E-state index is -4.75. The minimum absolute atomic E-state index is 0. The fourth-order valence-electron chi connectivity index (χ4n) is 3.96. The molecule has 0 saturated heterocycles. The standard InChI is InChI=1S/C27H29F3N4O2S2.H2/c1-5-6-13-23-31-15-14-22(32-23)25-18(16-34(37-25)27(2,3)4)17-9-7-12-21(24(17)30)33-38(35,36)26-19(28)10-8-11-20(26)29;/h7-12,14-16,25,33H,5-6,13H2,1-4H3;1H. The van der Waals surface area contributed by atoms with Gasteiger partial charge in [-0.1, -0.05) is 31.5 Å². The van der Waals surface area contributed by atoms with Gasteiger partial charge in [0.05, 0.1) is 16.6 Å². The summed E-state index contributed by atoms with van der Waals surface area (Å²) in [5, 5.41) is -0.386. The van der Waals surface area contributed by atoms with Crippen molar-refractivity contribution in [3.8, 4) is 0 Å². The molecule has 38 heavy (non-hydrogen) atoms. The molecule has 0 bridgehead atoms. The zero-order chi connectivity index (χ0) is 27.7. The third-order valence-corrected chi connectivity index (χ3v) is 8.91. The Hall–Kier alpha value is -3.05. The molecule has 3 aromatic rings. The molecule has 1 aliphatic rings. The van der Waals surface area contributed by atoms with E-state index >= 15 is 4.39 Å². The molecule has 0 amide bonds. The lowest BCUT2D eigenvalue weighted by atomic mass is 9.99. The van der Waals surface area contributed by atoms with E-state index in [1.165, 1.54) is 24.1 Å². The summed E-state index contributed by atoms with van der Waals surface area (Å²) in [5.41, 5.74) is 0.710. The van der Waals surface area contributed by atoms with Crippen LogP contribution in [0.25, 0.3) is 5.57 Å². The first-order chi connectivity index (χ1) is 17.9. The second-order valence-electron chi connectivity index (χ2n) is 9.89. The molecule has 1 atom stereocenters. The average molecular weight is 565 g/mol. The highest BCUT2D eigenvalue weighted by Gasteiger charge is 2.36. The van der Waals surface area contributed by atoms with Crippen LogP contribution < -0.4 is 4.72 Å². The largest absolute Gasteiger partial charge is 0.317 e. The highest BCUT2D eigenvalue weighted by Crippen LogP contribution is 2.51. The molecule has 1 N–H and O–H groups in total. The molecule has 2 aromatic carbocycles. The van der Waals surface area contributed by atoms with E-state index in [2.05, 4.69) is 11.9 Å². The normalized spacial score (nSPS) is 16.0. The number of rotatable bonds is 8. The van der Waals surface area contributed by atoms with Crippen molar-refractivity contribution in [2.45, 2.75) is 62.6 Å². The number of aromatic nitrogens is 2. The molecule has 2 heterocycles. The highest BCUT2D eigenvalue weighted by atomic mass is 32.2. The Morgan fingerprint density at radius 2 is 1.76 bits per heavy atom. The smallest absolute Gasteiger partial charge is 0.267 e. The number of unbranched alkanes of at least 4 members (excludes halogenated alkanes) is 1. The molecule has 0 spiro atoms. The van der Waals surface area contributed by atoms with Gasteiger partial charge in [-0.05, 0) is 69.0 Å². The molecule has 0 fully saturated rings. The minimum Gasteiger partial charge on any atom is -0.317 e. The Bertz CT molecular complexity index is 1460. The van der Waals surface area contributed by atoms with Crippen LogP contribution in [0.2, 0.25) is 0 Å². The van der Waals surface area contributed by atoms with Crippen LogP contribution in [0.1, 0.15) is 64.3 Å². The number of hydrogen-bond donors (Lipinski definition) is 1. The summed E-state index contributed by atoms with van der Waals surface area (Å²) >= 11 is 1.48. The fourth-order valence-corrected chi connectivity index (χ4v) is 6.41. The molecule has 11 heteroatoms. The van der Waals surface area contributed by atoms with E-state index in [4.69, 9.17) is 4.98 Å². The van der Waals surface area contributed by atoms with Gasteiger partial charge in [0.15, 0.2) is 10.7 Å². The molecule has 0 aliphatic carbocycles. The van der Waals surface area contributed by atoms with E-state index in [0.29, 0.717) is 17.1 Å². The van der Waals surface area contributed by atoms with Gasteiger partial charge < -0.3 is 4.31 Å². The molecule has 4 rings (SSSR count). The van der Waals surface area contributed by atoms with Gasteiger partial charge in [0.25, 0.3) is 10.0 Å². The zero-order valence-corrected chi connectivity index (χ0v) is 23.1. The first-order valence-electron chi connectivity index (χ1n) is 12.2. The van der Waals surface area contributed by atoms with E-state index in [9.17, 15) is 17.2 Å². The molecule has 0 saturated carbocycles. The van der Waals surface area contributed by atoms with Crippen molar-refractivity contribution in [3.63, 3.8) is 0 Å². The quantitative estimate of drug-likeness (QED) is 0.294. The topological polar surface area (TPSA) is 75.2 Å². The number of aryl methyl sites for hydroxylation is 1. The second-order valence-corrected chi connectivity index (χ2v) is 12.6. The van der Waals surface area contributed by atoms with Crippen LogP contribution in [0.5, 0.6) is 0 Å². The van der Waals surface area contributed by atoms with Crippen LogP contribution in [-0.2, 0) is 16.4 Å². The summed E-state index contributed by atoms with van der Waals surface area (Å²) in [4.78, 5) is 7.93. The van der Waals surface area contributed by atoms with Crippen LogP contribution in [0.4, 0.5) is 18.9 Å². The number of halogens is 3. The van der Waals surface area contributed by atoms with Crippen molar-refractivity contribution < 1.29 is 23.0 Å². The maximum absolute atomic E-state index is 15.9. The van der Waals surface area contributed by atoms with Crippen molar-refractivity contribution >= 4 is 33.2 Å². The van der Waals surface area contributed by atoms with Crippen LogP contribution >= 0.6 is 11.9 Å². The summed E-state index contributed by atoms with van der Waals surface area (Å²) < 4.78 is 74.0. The predicted octanol–water partition coefficient (Wildman–Crippen LogP) is 7.13. The molecule has 0 radical (unpaired) electrons. The van der Waals surface area contributed by atoms with Crippen LogP contribution in [-0.4, -0.2) is 28.2 Å². The highest BCUT2D eigenvalue weighted by molar-refractivity contribution is 7.98. The van der Waals surface area contributed by atoms with Crippen molar-refractivity contribution in [1.29, 1.82) is 0 Å². The molecule has 1 aromatic heterocycles.